The molecule has 0 aliphatic rings. The van der Waals surface area contributed by atoms with Crippen LogP contribution in [0.5, 0.6) is 0 Å². The molecule has 2 nitrogen and oxygen atoms in total. The van der Waals surface area contributed by atoms with Gasteiger partial charge in [-0.15, -0.1) is 0 Å². The van der Waals surface area contributed by atoms with Crippen LogP contribution in [-0.2, 0) is 17.6 Å². The predicted molar refractivity (Wildman–Crippen MR) is 84.1 cm³/mol. The summed E-state index contributed by atoms with van der Waals surface area (Å²) in [5.41, 5.74) is 3.00. The molecule has 112 valence electrons. The van der Waals surface area contributed by atoms with Crippen LogP contribution in [0.15, 0.2) is 24.3 Å². The first kappa shape index (κ1) is 16.7. The second-order valence-electron chi connectivity index (χ2n) is 5.49. The average Bonchev–Trinajstić information content (AvgIpc) is 2.45. The van der Waals surface area contributed by atoms with Crippen LogP contribution in [0.3, 0.4) is 0 Å². The van der Waals surface area contributed by atoms with E-state index in [1.807, 2.05) is 0 Å². The molecule has 20 heavy (non-hydrogen) atoms. The van der Waals surface area contributed by atoms with Crippen LogP contribution in [-0.4, -0.2) is 11.1 Å². The summed E-state index contributed by atoms with van der Waals surface area (Å²) in [4.78, 5) is 10.4. The molecule has 0 radical (unpaired) electrons. The monoisotopic (exact) mass is 276 g/mol. The lowest BCUT2D eigenvalue weighted by Crippen LogP contribution is -1.94. The van der Waals surface area contributed by atoms with Gasteiger partial charge in [0.2, 0.25) is 0 Å². The largest absolute Gasteiger partial charge is 0.481 e. The zero-order valence-electron chi connectivity index (χ0n) is 12.7. The van der Waals surface area contributed by atoms with Gasteiger partial charge < -0.3 is 5.11 Å². The zero-order chi connectivity index (χ0) is 14.6. The number of benzene rings is 1. The number of unbranched alkanes of at least 4 members (excludes halogenated alkanes) is 6. The lowest BCUT2D eigenvalue weighted by molar-refractivity contribution is -0.137. The lowest BCUT2D eigenvalue weighted by atomic mass is 9.99. The van der Waals surface area contributed by atoms with Gasteiger partial charge in [-0.05, 0) is 36.8 Å². The molecule has 0 amide bonds. The number of aryl methyl sites for hydroxylation is 2. The summed E-state index contributed by atoms with van der Waals surface area (Å²) in [5, 5.41) is 8.54. The molecule has 0 aliphatic heterocycles. The molecular weight excluding hydrogens is 248 g/mol. The van der Waals surface area contributed by atoms with Gasteiger partial charge >= 0.3 is 5.97 Å². The fourth-order valence-corrected chi connectivity index (χ4v) is 2.62. The van der Waals surface area contributed by atoms with E-state index >= 15 is 0 Å². The van der Waals surface area contributed by atoms with Crippen molar-refractivity contribution in [3.05, 3.63) is 35.4 Å². The van der Waals surface area contributed by atoms with Crippen molar-refractivity contribution in [2.75, 3.05) is 0 Å². The Morgan fingerprint density at radius 3 is 2.05 bits per heavy atom. The van der Waals surface area contributed by atoms with E-state index in [0.29, 0.717) is 6.42 Å². The van der Waals surface area contributed by atoms with E-state index in [-0.39, 0.29) is 0 Å². The van der Waals surface area contributed by atoms with Gasteiger partial charge in [-0.3, -0.25) is 4.79 Å². The van der Waals surface area contributed by atoms with Gasteiger partial charge in [-0.1, -0.05) is 63.3 Å². The molecule has 1 aromatic carbocycles. The Kier molecular flexibility index (Phi) is 8.77. The fourth-order valence-electron chi connectivity index (χ4n) is 2.62. The van der Waals surface area contributed by atoms with Crippen LogP contribution in [0.4, 0.5) is 0 Å². The molecule has 0 saturated heterocycles. The van der Waals surface area contributed by atoms with Crippen molar-refractivity contribution in [3.63, 3.8) is 0 Å². The summed E-state index contributed by atoms with van der Waals surface area (Å²) < 4.78 is 0. The number of hydrogen-bond acceptors (Lipinski definition) is 1. The minimum atomic E-state index is -0.667. The van der Waals surface area contributed by atoms with Gasteiger partial charge in [0.15, 0.2) is 0 Å². The van der Waals surface area contributed by atoms with Gasteiger partial charge in [0, 0.05) is 6.42 Å². The van der Waals surface area contributed by atoms with E-state index in [4.69, 9.17) is 5.11 Å². The molecule has 1 N–H and O–H groups in total. The summed E-state index contributed by atoms with van der Waals surface area (Å²) in [5.74, 6) is -0.667. The van der Waals surface area contributed by atoms with E-state index < -0.39 is 5.97 Å². The molecule has 1 aromatic rings. The number of aliphatic carboxylic acids is 1. The van der Waals surface area contributed by atoms with E-state index in [1.54, 1.807) is 0 Å². The normalized spacial score (nSPS) is 10.7. The molecule has 0 heterocycles. The van der Waals surface area contributed by atoms with Crippen molar-refractivity contribution >= 4 is 5.97 Å². The summed E-state index contributed by atoms with van der Waals surface area (Å²) >= 11 is 0. The van der Waals surface area contributed by atoms with E-state index in [1.165, 1.54) is 49.7 Å². The first-order valence-corrected chi connectivity index (χ1v) is 8.02. The maximum absolute atomic E-state index is 10.4. The molecule has 0 aromatic heterocycles. The standard InChI is InChI=1S/C18H28O2/c1-2-16-12-10-11-14-17(16)13-8-6-4-3-5-7-9-15-18(19)20/h10-12,14H,2-9,13,15H2,1H3,(H,19,20). The third-order valence-electron chi connectivity index (χ3n) is 3.84. The maximum Gasteiger partial charge on any atom is 0.303 e. The Morgan fingerprint density at radius 2 is 1.45 bits per heavy atom. The van der Waals surface area contributed by atoms with Crippen LogP contribution in [0, 0.1) is 0 Å². The van der Waals surface area contributed by atoms with E-state index in [0.717, 1.165) is 19.3 Å². The number of carboxylic acids is 1. The van der Waals surface area contributed by atoms with Gasteiger partial charge in [-0.25, -0.2) is 0 Å². The van der Waals surface area contributed by atoms with Crippen molar-refractivity contribution in [3.8, 4) is 0 Å². The molecule has 0 spiro atoms. The summed E-state index contributed by atoms with van der Waals surface area (Å²) in [6, 6.07) is 8.75. The Hall–Kier alpha value is -1.31. The molecule has 0 unspecified atom stereocenters. The molecule has 1 rings (SSSR count). The molecule has 2 heteroatoms. The smallest absolute Gasteiger partial charge is 0.303 e. The highest BCUT2D eigenvalue weighted by Crippen LogP contribution is 2.15. The average molecular weight is 276 g/mol. The Balaban J connectivity index is 2.01. The van der Waals surface area contributed by atoms with Crippen LogP contribution < -0.4 is 0 Å². The fraction of sp³-hybridized carbons (Fsp3) is 0.611. The number of carbonyl (C=O) groups is 1. The Bertz CT molecular complexity index is 385. The zero-order valence-corrected chi connectivity index (χ0v) is 12.7. The van der Waals surface area contributed by atoms with Crippen molar-refractivity contribution in [1.29, 1.82) is 0 Å². The third kappa shape index (κ3) is 7.32. The van der Waals surface area contributed by atoms with Crippen LogP contribution in [0.25, 0.3) is 0 Å². The van der Waals surface area contributed by atoms with Crippen molar-refractivity contribution in [1.82, 2.24) is 0 Å². The Labute approximate surface area is 123 Å². The van der Waals surface area contributed by atoms with Crippen LogP contribution >= 0.6 is 0 Å². The second-order valence-corrected chi connectivity index (χ2v) is 5.49. The molecule has 0 fully saturated rings. The highest BCUT2D eigenvalue weighted by Gasteiger charge is 2.00. The molecule has 0 atom stereocenters. The van der Waals surface area contributed by atoms with Crippen molar-refractivity contribution < 1.29 is 9.90 Å². The SMILES string of the molecule is CCc1ccccc1CCCCCCCCCC(=O)O. The Morgan fingerprint density at radius 1 is 0.900 bits per heavy atom. The van der Waals surface area contributed by atoms with Gasteiger partial charge in [0.05, 0.1) is 0 Å². The summed E-state index contributed by atoms with van der Waals surface area (Å²) in [6.45, 7) is 2.22. The minimum absolute atomic E-state index is 0.327. The van der Waals surface area contributed by atoms with Crippen LogP contribution in [0.1, 0.15) is 69.4 Å². The van der Waals surface area contributed by atoms with Gasteiger partial charge in [-0.2, -0.15) is 0 Å². The lowest BCUT2D eigenvalue weighted by Gasteiger charge is -2.07. The van der Waals surface area contributed by atoms with E-state index in [9.17, 15) is 4.79 Å². The topological polar surface area (TPSA) is 37.3 Å². The first-order chi connectivity index (χ1) is 9.74. The summed E-state index contributed by atoms with van der Waals surface area (Å²) in [6.07, 6.45) is 10.8. The molecule has 0 saturated carbocycles. The number of hydrogen-bond donors (Lipinski definition) is 1. The van der Waals surface area contributed by atoms with Crippen molar-refractivity contribution in [2.45, 2.75) is 71.1 Å². The number of rotatable bonds is 11. The van der Waals surface area contributed by atoms with E-state index in [2.05, 4.69) is 31.2 Å². The van der Waals surface area contributed by atoms with Crippen molar-refractivity contribution in [2.24, 2.45) is 0 Å². The summed E-state index contributed by atoms with van der Waals surface area (Å²) in [7, 11) is 0. The first-order valence-electron chi connectivity index (χ1n) is 8.02. The quantitative estimate of drug-likeness (QED) is 0.578. The van der Waals surface area contributed by atoms with Gasteiger partial charge in [0.1, 0.15) is 0 Å². The van der Waals surface area contributed by atoms with Gasteiger partial charge in [0.25, 0.3) is 0 Å². The third-order valence-corrected chi connectivity index (χ3v) is 3.84. The second kappa shape index (κ2) is 10.5. The highest BCUT2D eigenvalue weighted by atomic mass is 16.4. The molecular formula is C18H28O2. The molecule has 0 aliphatic carbocycles. The minimum Gasteiger partial charge on any atom is -0.481 e. The molecule has 0 bridgehead atoms. The highest BCUT2D eigenvalue weighted by molar-refractivity contribution is 5.66. The maximum atomic E-state index is 10.4. The number of carboxylic acid groups (broad SMARTS) is 1. The predicted octanol–water partition coefficient (Wildman–Crippen LogP) is 5.00. The van der Waals surface area contributed by atoms with Crippen LogP contribution in [0.2, 0.25) is 0 Å².